The Morgan fingerprint density at radius 1 is 1.08 bits per heavy atom. The van der Waals surface area contributed by atoms with Gasteiger partial charge in [-0.25, -0.2) is 0 Å². The van der Waals surface area contributed by atoms with Crippen LogP contribution in [0.15, 0.2) is 24.3 Å². The molecule has 7 heteroatoms. The van der Waals surface area contributed by atoms with Crippen molar-refractivity contribution < 1.29 is 29.0 Å². The molecule has 2 N–H and O–H groups in total. The molecule has 4 atom stereocenters. The predicted molar refractivity (Wildman–Crippen MR) is 86.6 cm³/mol. The van der Waals surface area contributed by atoms with Gasteiger partial charge in [0.05, 0.1) is 17.5 Å². The molecule has 0 saturated heterocycles. The maximum absolute atomic E-state index is 12.8. The molecule has 1 aromatic rings. The lowest BCUT2D eigenvalue weighted by Gasteiger charge is -2.24. The highest BCUT2D eigenvalue weighted by Gasteiger charge is 2.51. The Hall–Kier alpha value is -2.83. The second-order valence-electron chi connectivity index (χ2n) is 6.63. The zero-order valence-electron chi connectivity index (χ0n) is 13.5. The molecule has 2 aliphatic carbocycles. The van der Waals surface area contributed by atoms with Crippen LogP contribution in [0.1, 0.15) is 23.7 Å². The third kappa shape index (κ3) is 2.47. The summed E-state index contributed by atoms with van der Waals surface area (Å²) in [5.41, 5.74) is 0.626. The Balaban J connectivity index is 1.64. The molecule has 4 rings (SSSR count). The maximum Gasteiger partial charge on any atom is 0.307 e. The summed E-state index contributed by atoms with van der Waals surface area (Å²) in [5, 5.41) is 12.2. The zero-order chi connectivity index (χ0) is 17.7. The van der Waals surface area contributed by atoms with E-state index in [1.54, 1.807) is 6.07 Å². The second-order valence-corrected chi connectivity index (χ2v) is 6.63. The van der Waals surface area contributed by atoms with Gasteiger partial charge in [-0.3, -0.25) is 14.4 Å². The molecular formula is C18H17NO6. The number of anilines is 1. The van der Waals surface area contributed by atoms with Crippen molar-refractivity contribution in [2.24, 2.45) is 23.7 Å². The molecule has 0 unspecified atom stereocenters. The number of aliphatic carboxylic acids is 1. The molecule has 1 amide bonds. The molecule has 1 heterocycles. The van der Waals surface area contributed by atoms with E-state index in [1.165, 1.54) is 13.0 Å². The molecule has 25 heavy (non-hydrogen) atoms. The van der Waals surface area contributed by atoms with Gasteiger partial charge in [-0.05, 0) is 31.2 Å². The van der Waals surface area contributed by atoms with Crippen LogP contribution >= 0.6 is 0 Å². The van der Waals surface area contributed by atoms with Crippen molar-refractivity contribution in [2.45, 2.75) is 13.3 Å². The van der Waals surface area contributed by atoms with E-state index >= 15 is 0 Å². The monoisotopic (exact) mass is 343 g/mol. The first-order chi connectivity index (χ1) is 12.0. The number of hydrogen-bond donors (Lipinski definition) is 2. The van der Waals surface area contributed by atoms with Crippen molar-refractivity contribution in [1.29, 1.82) is 0 Å². The van der Waals surface area contributed by atoms with Crippen molar-refractivity contribution in [1.82, 2.24) is 0 Å². The van der Waals surface area contributed by atoms with Gasteiger partial charge >= 0.3 is 5.97 Å². The highest BCUT2D eigenvalue weighted by Crippen LogP contribution is 2.48. The van der Waals surface area contributed by atoms with Gasteiger partial charge in [0, 0.05) is 11.6 Å². The van der Waals surface area contributed by atoms with Crippen LogP contribution in [-0.4, -0.2) is 29.6 Å². The minimum atomic E-state index is -0.963. The molecule has 2 bridgehead atoms. The summed E-state index contributed by atoms with van der Waals surface area (Å²) in [6.07, 6.45) is 4.48. The smallest absolute Gasteiger partial charge is 0.307 e. The van der Waals surface area contributed by atoms with E-state index in [2.05, 4.69) is 5.32 Å². The van der Waals surface area contributed by atoms with E-state index < -0.39 is 17.8 Å². The lowest BCUT2D eigenvalue weighted by molar-refractivity contribution is -0.146. The lowest BCUT2D eigenvalue weighted by Crippen LogP contribution is -2.36. The third-order valence-electron chi connectivity index (χ3n) is 5.20. The van der Waals surface area contributed by atoms with E-state index in [0.717, 1.165) is 0 Å². The third-order valence-corrected chi connectivity index (χ3v) is 5.20. The number of benzene rings is 1. The number of ketones is 1. The first-order valence-electron chi connectivity index (χ1n) is 8.12. The van der Waals surface area contributed by atoms with Gasteiger partial charge in [-0.2, -0.15) is 0 Å². The summed E-state index contributed by atoms with van der Waals surface area (Å²) >= 11 is 0. The maximum atomic E-state index is 12.8. The van der Waals surface area contributed by atoms with Gasteiger partial charge in [0.25, 0.3) is 0 Å². The van der Waals surface area contributed by atoms with Crippen LogP contribution in [-0.2, 0) is 9.59 Å². The number of allylic oxidation sites excluding steroid dienone is 2. The van der Waals surface area contributed by atoms with Crippen LogP contribution in [0.3, 0.4) is 0 Å². The summed E-state index contributed by atoms with van der Waals surface area (Å²) in [7, 11) is 0. The molecule has 0 radical (unpaired) electrons. The summed E-state index contributed by atoms with van der Waals surface area (Å²) < 4.78 is 10.6. The fourth-order valence-corrected chi connectivity index (χ4v) is 4.07. The molecule has 1 aliphatic heterocycles. The van der Waals surface area contributed by atoms with Crippen molar-refractivity contribution in [3.8, 4) is 11.5 Å². The first kappa shape index (κ1) is 15.7. The van der Waals surface area contributed by atoms with Gasteiger partial charge in [0.15, 0.2) is 17.3 Å². The van der Waals surface area contributed by atoms with Crippen LogP contribution in [0.25, 0.3) is 0 Å². The van der Waals surface area contributed by atoms with E-state index in [9.17, 15) is 19.5 Å². The zero-order valence-corrected chi connectivity index (χ0v) is 13.5. The summed E-state index contributed by atoms with van der Waals surface area (Å²) in [6, 6.07) is 3.09. The van der Waals surface area contributed by atoms with Crippen LogP contribution < -0.4 is 14.8 Å². The number of carboxylic acids is 1. The van der Waals surface area contributed by atoms with Crippen molar-refractivity contribution >= 4 is 23.3 Å². The Morgan fingerprint density at radius 3 is 2.36 bits per heavy atom. The number of carbonyl (C=O) groups is 3. The molecule has 7 nitrogen and oxygen atoms in total. The number of hydrogen-bond acceptors (Lipinski definition) is 5. The molecule has 1 fully saturated rings. The van der Waals surface area contributed by atoms with E-state index in [4.69, 9.17) is 9.47 Å². The van der Waals surface area contributed by atoms with E-state index in [-0.39, 0.29) is 30.3 Å². The number of rotatable bonds is 4. The van der Waals surface area contributed by atoms with E-state index in [0.29, 0.717) is 29.2 Å². The number of fused-ring (bicyclic) bond motifs is 3. The number of nitrogens with one attached hydrogen (secondary N) is 1. The number of amides is 1. The normalized spacial score (nSPS) is 28.2. The second kappa shape index (κ2) is 5.61. The van der Waals surface area contributed by atoms with Crippen LogP contribution in [0.5, 0.6) is 11.5 Å². The average Bonchev–Trinajstić information content (AvgIpc) is 3.28. The predicted octanol–water partition coefficient (Wildman–Crippen LogP) is 2.08. The molecule has 0 spiro atoms. The van der Waals surface area contributed by atoms with Crippen molar-refractivity contribution in [3.63, 3.8) is 0 Å². The van der Waals surface area contributed by atoms with Crippen LogP contribution in [0.2, 0.25) is 0 Å². The average molecular weight is 343 g/mol. The van der Waals surface area contributed by atoms with Crippen molar-refractivity contribution in [3.05, 3.63) is 29.8 Å². The minimum Gasteiger partial charge on any atom is -0.481 e. The fourth-order valence-electron chi connectivity index (χ4n) is 4.07. The molecule has 3 aliphatic rings. The standard InChI is InChI=1S/C18H17NO6/c1-8(20)11-5-13-14(25-7-24-13)6-12(11)19-17(21)15-9-2-3-10(4-9)16(15)18(22)23/h2-3,5-6,9-10,15-16H,4,7H2,1H3,(H,19,21)(H,22,23)/t9-,10-,15+,16-/m0/s1. The number of Topliss-reactive ketones (excluding diaryl/α,β-unsaturated/α-hetero) is 1. The largest absolute Gasteiger partial charge is 0.481 e. The molecule has 0 aromatic heterocycles. The lowest BCUT2D eigenvalue weighted by atomic mass is 9.82. The fraction of sp³-hybridized carbons (Fsp3) is 0.389. The first-order valence-corrected chi connectivity index (χ1v) is 8.12. The molecule has 130 valence electrons. The van der Waals surface area contributed by atoms with Crippen molar-refractivity contribution in [2.75, 3.05) is 12.1 Å². The quantitative estimate of drug-likeness (QED) is 0.641. The molecule has 1 saturated carbocycles. The Morgan fingerprint density at radius 2 is 1.72 bits per heavy atom. The highest BCUT2D eigenvalue weighted by atomic mass is 16.7. The Labute approximate surface area is 143 Å². The SMILES string of the molecule is CC(=O)c1cc2c(cc1NC(=O)[C@H]1[C@@H](C(=O)O)[C@H]3C=C[C@H]1C3)OCO2. The number of carbonyl (C=O) groups excluding carboxylic acids is 2. The van der Waals surface area contributed by atoms with Gasteiger partial charge in [-0.1, -0.05) is 12.2 Å². The van der Waals surface area contributed by atoms with Gasteiger partial charge in [0.1, 0.15) is 0 Å². The summed E-state index contributed by atoms with van der Waals surface area (Å²) in [6.45, 7) is 1.45. The van der Waals surface area contributed by atoms with Gasteiger partial charge in [0.2, 0.25) is 12.7 Å². The summed E-state index contributed by atoms with van der Waals surface area (Å²) in [4.78, 5) is 36.3. The minimum absolute atomic E-state index is 0.0579. The van der Waals surface area contributed by atoms with Crippen LogP contribution in [0.4, 0.5) is 5.69 Å². The Bertz CT molecular complexity index is 814. The van der Waals surface area contributed by atoms with Crippen LogP contribution in [0, 0.1) is 23.7 Å². The van der Waals surface area contributed by atoms with Gasteiger partial charge < -0.3 is 19.9 Å². The number of carboxylic acid groups (broad SMARTS) is 1. The Kier molecular flexibility index (Phi) is 3.52. The molecular weight excluding hydrogens is 326 g/mol. The highest BCUT2D eigenvalue weighted by molar-refractivity contribution is 6.05. The molecule has 1 aromatic carbocycles. The number of ether oxygens (including phenoxy) is 2. The van der Waals surface area contributed by atoms with E-state index in [1.807, 2.05) is 12.2 Å². The summed E-state index contributed by atoms with van der Waals surface area (Å²) in [5.74, 6) is -2.24. The topological polar surface area (TPSA) is 102 Å². The van der Waals surface area contributed by atoms with Gasteiger partial charge in [-0.15, -0.1) is 0 Å².